The molecule has 0 heterocycles. The van der Waals surface area contributed by atoms with Crippen molar-refractivity contribution in [1.82, 2.24) is 15.3 Å². The fraction of sp³-hybridized carbons (Fsp3) is 0.840. The standard InChI is InChI=1S/C25H47N3O9/c1-22(2,3)34-18(30)26-28(21(33)37-25(10,11)12)17(14-13-15-29)16-27(19(31)35-23(4,5)6)20(32)36-24(7,8)9/h17,29H,13-16H2,1-12H3,(H,26,30). The van der Waals surface area contributed by atoms with Gasteiger partial charge in [-0.25, -0.2) is 34.5 Å². The Hall–Kier alpha value is -2.76. The molecule has 0 radical (unpaired) electrons. The Morgan fingerprint density at radius 2 is 1.05 bits per heavy atom. The average molecular weight is 534 g/mol. The average Bonchev–Trinajstić information content (AvgIpc) is 2.60. The van der Waals surface area contributed by atoms with Gasteiger partial charge in [0.15, 0.2) is 0 Å². The Labute approximate surface area is 220 Å². The Morgan fingerprint density at radius 1 is 0.676 bits per heavy atom. The molecule has 2 N–H and O–H groups in total. The maximum Gasteiger partial charge on any atom is 0.429 e. The lowest BCUT2D eigenvalue weighted by atomic mass is 10.1. The van der Waals surface area contributed by atoms with Gasteiger partial charge >= 0.3 is 24.4 Å². The number of carbonyl (C=O) groups is 4. The first-order valence-electron chi connectivity index (χ1n) is 12.3. The van der Waals surface area contributed by atoms with Crippen LogP contribution >= 0.6 is 0 Å². The zero-order valence-electron chi connectivity index (χ0n) is 24.5. The van der Waals surface area contributed by atoms with Crippen molar-refractivity contribution >= 4 is 24.4 Å². The molecule has 1 atom stereocenters. The van der Waals surface area contributed by atoms with Gasteiger partial charge in [0.25, 0.3) is 0 Å². The molecular formula is C25H47N3O9. The van der Waals surface area contributed by atoms with E-state index < -0.39 is 59.4 Å². The van der Waals surface area contributed by atoms with Crippen LogP contribution in [0.25, 0.3) is 0 Å². The second-order valence-electron chi connectivity index (χ2n) is 12.6. The van der Waals surface area contributed by atoms with Gasteiger partial charge < -0.3 is 24.1 Å². The van der Waals surface area contributed by atoms with Crippen LogP contribution in [0.3, 0.4) is 0 Å². The van der Waals surface area contributed by atoms with E-state index in [4.69, 9.17) is 18.9 Å². The topological polar surface area (TPSA) is 144 Å². The monoisotopic (exact) mass is 533 g/mol. The summed E-state index contributed by atoms with van der Waals surface area (Å²) in [5.74, 6) is 0. The summed E-state index contributed by atoms with van der Waals surface area (Å²) < 4.78 is 21.5. The van der Waals surface area contributed by atoms with Crippen molar-refractivity contribution in [3.8, 4) is 0 Å². The van der Waals surface area contributed by atoms with Crippen molar-refractivity contribution in [3.05, 3.63) is 0 Å². The highest BCUT2D eigenvalue weighted by molar-refractivity contribution is 5.88. The van der Waals surface area contributed by atoms with Crippen LogP contribution in [0.4, 0.5) is 19.2 Å². The SMILES string of the molecule is CC(C)(C)OC(=O)NN(C(=O)OC(C)(C)C)C(CCCO)CN(C(=O)OC(C)(C)C)C(=O)OC(C)(C)C. The number of aliphatic hydroxyl groups excluding tert-OH is 1. The number of hydrogen-bond donors (Lipinski definition) is 2. The van der Waals surface area contributed by atoms with Gasteiger partial charge in [0.2, 0.25) is 0 Å². The minimum absolute atomic E-state index is 0.0770. The summed E-state index contributed by atoms with van der Waals surface area (Å²) in [6, 6.07) is -1.03. The first-order chi connectivity index (χ1) is 16.4. The van der Waals surface area contributed by atoms with Gasteiger partial charge in [0, 0.05) is 6.61 Å². The number of hydrogen-bond acceptors (Lipinski definition) is 9. The van der Waals surface area contributed by atoms with Crippen LogP contribution in [-0.4, -0.2) is 81.0 Å². The van der Waals surface area contributed by atoms with E-state index >= 15 is 0 Å². The van der Waals surface area contributed by atoms with E-state index in [9.17, 15) is 24.3 Å². The van der Waals surface area contributed by atoms with Crippen molar-refractivity contribution in [2.75, 3.05) is 13.2 Å². The number of amides is 4. The Bertz CT molecular complexity index is 759. The highest BCUT2D eigenvalue weighted by atomic mass is 16.6. The van der Waals surface area contributed by atoms with E-state index in [-0.39, 0.29) is 19.4 Å². The highest BCUT2D eigenvalue weighted by Crippen LogP contribution is 2.19. The van der Waals surface area contributed by atoms with Crippen LogP contribution in [0, 0.1) is 0 Å². The van der Waals surface area contributed by atoms with Gasteiger partial charge in [-0.15, -0.1) is 0 Å². The maximum atomic E-state index is 13.2. The molecule has 216 valence electrons. The zero-order chi connectivity index (χ0) is 29.4. The molecule has 0 spiro atoms. The molecular weight excluding hydrogens is 486 g/mol. The maximum absolute atomic E-state index is 13.2. The highest BCUT2D eigenvalue weighted by Gasteiger charge is 2.38. The van der Waals surface area contributed by atoms with Crippen LogP contribution in [0.2, 0.25) is 0 Å². The number of carbonyl (C=O) groups excluding carboxylic acids is 4. The third-order valence-electron chi connectivity index (χ3n) is 3.88. The molecule has 1 unspecified atom stereocenters. The van der Waals surface area contributed by atoms with Gasteiger partial charge in [0.05, 0.1) is 12.6 Å². The summed E-state index contributed by atoms with van der Waals surface area (Å²) >= 11 is 0. The summed E-state index contributed by atoms with van der Waals surface area (Å²) in [5.41, 5.74) is -1.30. The van der Waals surface area contributed by atoms with Gasteiger partial charge in [-0.05, 0) is 95.9 Å². The second kappa shape index (κ2) is 13.2. The largest absolute Gasteiger partial charge is 0.443 e. The number of imide groups is 1. The lowest BCUT2D eigenvalue weighted by Crippen LogP contribution is -2.58. The molecule has 0 aliphatic heterocycles. The third-order valence-corrected chi connectivity index (χ3v) is 3.88. The summed E-state index contributed by atoms with van der Waals surface area (Å²) in [6.07, 6.45) is -3.65. The molecule has 0 rings (SSSR count). The third kappa shape index (κ3) is 15.9. The zero-order valence-corrected chi connectivity index (χ0v) is 24.5. The van der Waals surface area contributed by atoms with Crippen molar-refractivity contribution in [3.63, 3.8) is 0 Å². The minimum Gasteiger partial charge on any atom is -0.443 e. The lowest BCUT2D eigenvalue weighted by molar-refractivity contribution is -0.0241. The molecule has 0 aliphatic rings. The first kappa shape index (κ1) is 34.2. The number of ether oxygens (including phenoxy) is 4. The Kier molecular flexibility index (Phi) is 12.2. The molecule has 0 saturated heterocycles. The number of rotatable bonds is 6. The summed E-state index contributed by atoms with van der Waals surface area (Å²) in [7, 11) is 0. The van der Waals surface area contributed by atoms with Crippen LogP contribution in [0.5, 0.6) is 0 Å². The molecule has 12 nitrogen and oxygen atoms in total. The summed E-state index contributed by atoms with van der Waals surface area (Å²) in [6.45, 7) is 19.0. The molecule has 0 bridgehead atoms. The number of nitrogens with zero attached hydrogens (tertiary/aromatic N) is 2. The van der Waals surface area contributed by atoms with Crippen LogP contribution in [-0.2, 0) is 18.9 Å². The van der Waals surface area contributed by atoms with E-state index in [1.54, 1.807) is 83.1 Å². The fourth-order valence-electron chi connectivity index (χ4n) is 2.69. The number of aliphatic hydroxyl groups is 1. The number of nitrogens with one attached hydrogen (secondary N) is 1. The summed E-state index contributed by atoms with van der Waals surface area (Å²) in [4.78, 5) is 52.6. The quantitative estimate of drug-likeness (QED) is 0.357. The summed E-state index contributed by atoms with van der Waals surface area (Å²) in [5, 5.41) is 10.3. The smallest absolute Gasteiger partial charge is 0.429 e. The fourth-order valence-corrected chi connectivity index (χ4v) is 2.69. The molecule has 0 aromatic rings. The van der Waals surface area contributed by atoms with Crippen LogP contribution in [0.1, 0.15) is 95.9 Å². The lowest BCUT2D eigenvalue weighted by Gasteiger charge is -2.36. The molecule has 0 aromatic heterocycles. The van der Waals surface area contributed by atoms with E-state index in [1.165, 1.54) is 0 Å². The van der Waals surface area contributed by atoms with Gasteiger partial charge in [-0.3, -0.25) is 0 Å². The van der Waals surface area contributed by atoms with Crippen molar-refractivity contribution in [2.45, 2.75) is 124 Å². The minimum atomic E-state index is -1.03. The van der Waals surface area contributed by atoms with Crippen molar-refractivity contribution in [1.29, 1.82) is 0 Å². The van der Waals surface area contributed by atoms with E-state index in [0.29, 0.717) is 4.90 Å². The van der Waals surface area contributed by atoms with Gasteiger partial charge in [-0.2, -0.15) is 0 Å². The predicted molar refractivity (Wildman–Crippen MR) is 137 cm³/mol. The second-order valence-corrected chi connectivity index (χ2v) is 12.6. The molecule has 0 saturated carbocycles. The molecule has 12 heteroatoms. The van der Waals surface area contributed by atoms with Gasteiger partial charge in [-0.1, -0.05) is 0 Å². The van der Waals surface area contributed by atoms with Crippen LogP contribution < -0.4 is 5.43 Å². The van der Waals surface area contributed by atoms with E-state index in [0.717, 1.165) is 5.01 Å². The Morgan fingerprint density at radius 3 is 1.41 bits per heavy atom. The van der Waals surface area contributed by atoms with E-state index in [2.05, 4.69) is 5.43 Å². The first-order valence-corrected chi connectivity index (χ1v) is 12.3. The normalized spacial score (nSPS) is 13.2. The van der Waals surface area contributed by atoms with Crippen molar-refractivity contribution < 1.29 is 43.2 Å². The molecule has 37 heavy (non-hydrogen) atoms. The Balaban J connectivity index is 6.43. The number of hydrazine groups is 1. The molecule has 0 fully saturated rings. The molecule has 0 aromatic carbocycles. The van der Waals surface area contributed by atoms with Crippen LogP contribution in [0.15, 0.2) is 0 Å². The van der Waals surface area contributed by atoms with E-state index in [1.807, 2.05) is 0 Å². The van der Waals surface area contributed by atoms with Gasteiger partial charge in [0.1, 0.15) is 22.4 Å². The predicted octanol–water partition coefficient (Wildman–Crippen LogP) is 4.98. The van der Waals surface area contributed by atoms with Crippen molar-refractivity contribution in [2.24, 2.45) is 0 Å². The molecule has 0 aliphatic carbocycles. The molecule has 4 amide bonds.